The van der Waals surface area contributed by atoms with Crippen molar-refractivity contribution < 1.29 is 31.6 Å². The van der Waals surface area contributed by atoms with Gasteiger partial charge in [0.2, 0.25) is 5.89 Å². The Morgan fingerprint density at radius 2 is 2.00 bits per heavy atom. The van der Waals surface area contributed by atoms with E-state index in [2.05, 4.69) is 14.9 Å². The summed E-state index contributed by atoms with van der Waals surface area (Å²) in [5, 5.41) is 3.54. The minimum absolute atomic E-state index is 0.0219. The van der Waals surface area contributed by atoms with Gasteiger partial charge in [0.25, 0.3) is 0 Å². The van der Waals surface area contributed by atoms with Crippen LogP contribution >= 0.6 is 0 Å². The predicted octanol–water partition coefficient (Wildman–Crippen LogP) is 1.45. The molecule has 0 saturated carbocycles. The minimum atomic E-state index is -4.21. The molecule has 2 rings (SSSR count). The monoisotopic (exact) mass is 313 g/mol. The molecule has 2 heterocycles. The lowest BCUT2D eigenvalue weighted by Gasteiger charge is -2.29. The summed E-state index contributed by atoms with van der Waals surface area (Å²) >= 11 is 0. The molecule has 6 nitrogen and oxygen atoms in total. The van der Waals surface area contributed by atoms with Gasteiger partial charge in [-0.05, 0) is 12.8 Å². The molecule has 1 saturated heterocycles. The smallest absolute Gasteiger partial charge is 0.330 e. The van der Waals surface area contributed by atoms with E-state index in [0.29, 0.717) is 26.1 Å². The topological polar surface area (TPSA) is 83.4 Å². The predicted molar refractivity (Wildman–Crippen MR) is 60.8 cm³/mol. The highest BCUT2D eigenvalue weighted by Gasteiger charge is 2.41. The minimum Gasteiger partial charge on any atom is -0.381 e. The summed E-state index contributed by atoms with van der Waals surface area (Å²) in [6.45, 7) is -0.981. The number of hydrogen-bond donors (Lipinski definition) is 1. The molecule has 0 aromatic carbocycles. The molecule has 1 aromatic heterocycles. The summed E-state index contributed by atoms with van der Waals surface area (Å²) in [6, 6.07) is 0. The van der Waals surface area contributed by atoms with Gasteiger partial charge in [0.05, 0.1) is 0 Å². The zero-order valence-corrected chi connectivity index (χ0v) is 11.0. The number of rotatable bonds is 6. The van der Waals surface area contributed by atoms with Crippen molar-refractivity contribution in [2.24, 2.45) is 5.73 Å². The van der Waals surface area contributed by atoms with Crippen LogP contribution in [-0.2, 0) is 21.6 Å². The quantitative estimate of drug-likeness (QED) is 0.800. The van der Waals surface area contributed by atoms with Crippen molar-refractivity contribution in [1.82, 2.24) is 10.1 Å². The highest BCUT2D eigenvalue weighted by atomic mass is 19.3. The largest absolute Gasteiger partial charge is 0.381 e. The fourth-order valence-electron chi connectivity index (χ4n) is 1.81. The summed E-state index contributed by atoms with van der Waals surface area (Å²) in [7, 11) is 0. The lowest BCUT2D eigenvalue weighted by atomic mass is 9.91. The Hall–Kier alpha value is -1.26. The average Bonchev–Trinajstić information content (AvgIpc) is 2.89. The number of halogens is 4. The molecule has 21 heavy (non-hydrogen) atoms. The van der Waals surface area contributed by atoms with Crippen molar-refractivity contribution in [3.8, 4) is 0 Å². The number of aromatic nitrogens is 2. The average molecular weight is 313 g/mol. The molecule has 1 aromatic rings. The first kappa shape index (κ1) is 16.1. The Bertz CT molecular complexity index is 463. The van der Waals surface area contributed by atoms with E-state index in [-0.39, 0.29) is 11.7 Å². The SMILES string of the molecule is NC1(c2nc(COCC(F)(F)C(F)F)no2)CCOCC1. The van der Waals surface area contributed by atoms with Crippen molar-refractivity contribution >= 4 is 0 Å². The Labute approximate surface area is 117 Å². The van der Waals surface area contributed by atoms with Gasteiger partial charge in [-0.3, -0.25) is 0 Å². The van der Waals surface area contributed by atoms with Crippen LogP contribution in [0.25, 0.3) is 0 Å². The first-order valence-electron chi connectivity index (χ1n) is 6.27. The van der Waals surface area contributed by atoms with Crippen LogP contribution in [0.5, 0.6) is 0 Å². The van der Waals surface area contributed by atoms with Crippen LogP contribution in [0.15, 0.2) is 4.52 Å². The molecule has 1 aliphatic heterocycles. The molecule has 0 radical (unpaired) electrons. The first-order chi connectivity index (χ1) is 9.83. The van der Waals surface area contributed by atoms with Crippen LogP contribution in [0.4, 0.5) is 17.6 Å². The van der Waals surface area contributed by atoms with Crippen molar-refractivity contribution in [2.45, 2.75) is 37.3 Å². The van der Waals surface area contributed by atoms with Crippen LogP contribution in [0.3, 0.4) is 0 Å². The van der Waals surface area contributed by atoms with E-state index in [1.54, 1.807) is 0 Å². The third-order valence-electron chi connectivity index (χ3n) is 3.12. The maximum Gasteiger partial charge on any atom is 0.330 e. The number of ether oxygens (including phenoxy) is 2. The van der Waals surface area contributed by atoms with Gasteiger partial charge in [-0.25, -0.2) is 8.78 Å². The molecule has 10 heteroatoms. The van der Waals surface area contributed by atoms with Gasteiger partial charge in [-0.2, -0.15) is 13.8 Å². The number of nitrogens with zero attached hydrogens (tertiary/aromatic N) is 2. The van der Waals surface area contributed by atoms with E-state index in [1.807, 2.05) is 0 Å². The van der Waals surface area contributed by atoms with E-state index >= 15 is 0 Å². The van der Waals surface area contributed by atoms with Crippen molar-refractivity contribution in [3.63, 3.8) is 0 Å². The van der Waals surface area contributed by atoms with Crippen LogP contribution in [0.2, 0.25) is 0 Å². The molecule has 0 spiro atoms. The summed E-state index contributed by atoms with van der Waals surface area (Å²) in [4.78, 5) is 3.95. The molecule has 0 aliphatic carbocycles. The second kappa shape index (κ2) is 6.24. The molecular formula is C11H15F4N3O3. The molecule has 120 valence electrons. The molecule has 1 aliphatic rings. The second-order valence-electron chi connectivity index (χ2n) is 4.84. The first-order valence-corrected chi connectivity index (χ1v) is 6.27. The van der Waals surface area contributed by atoms with Gasteiger partial charge in [0.15, 0.2) is 5.82 Å². The van der Waals surface area contributed by atoms with Gasteiger partial charge in [0, 0.05) is 13.2 Å². The number of nitrogens with two attached hydrogens (primary N) is 1. The summed E-state index contributed by atoms with van der Waals surface area (Å²) in [6.07, 6.45) is -2.81. The van der Waals surface area contributed by atoms with Crippen LogP contribution in [-0.4, -0.2) is 42.3 Å². The van der Waals surface area contributed by atoms with Gasteiger partial charge in [0.1, 0.15) is 18.8 Å². The van der Waals surface area contributed by atoms with Gasteiger partial charge in [-0.15, -0.1) is 0 Å². The van der Waals surface area contributed by atoms with Crippen LogP contribution < -0.4 is 5.73 Å². The molecule has 1 fully saturated rings. The van der Waals surface area contributed by atoms with E-state index in [9.17, 15) is 17.6 Å². The highest BCUT2D eigenvalue weighted by Crippen LogP contribution is 2.28. The van der Waals surface area contributed by atoms with E-state index in [0.717, 1.165) is 0 Å². The zero-order chi connectivity index (χ0) is 15.5. The van der Waals surface area contributed by atoms with Crippen molar-refractivity contribution in [3.05, 3.63) is 11.7 Å². The normalized spacial score (nSPS) is 19.1. The third-order valence-corrected chi connectivity index (χ3v) is 3.12. The lowest BCUT2D eigenvalue weighted by Crippen LogP contribution is -2.42. The molecular weight excluding hydrogens is 298 g/mol. The van der Waals surface area contributed by atoms with E-state index in [1.165, 1.54) is 0 Å². The molecule has 0 bridgehead atoms. The van der Waals surface area contributed by atoms with E-state index < -0.39 is 31.1 Å². The fourth-order valence-corrected chi connectivity index (χ4v) is 1.81. The van der Waals surface area contributed by atoms with Crippen molar-refractivity contribution in [1.29, 1.82) is 0 Å². The van der Waals surface area contributed by atoms with E-state index in [4.69, 9.17) is 15.0 Å². The van der Waals surface area contributed by atoms with Crippen molar-refractivity contribution in [2.75, 3.05) is 19.8 Å². The Kier molecular flexibility index (Phi) is 4.79. The summed E-state index contributed by atoms with van der Waals surface area (Å²) in [5.41, 5.74) is 5.27. The summed E-state index contributed by atoms with van der Waals surface area (Å²) < 4.78 is 63.8. The summed E-state index contributed by atoms with van der Waals surface area (Å²) in [5.74, 6) is -4.07. The second-order valence-corrected chi connectivity index (χ2v) is 4.84. The zero-order valence-electron chi connectivity index (χ0n) is 11.0. The Morgan fingerprint density at radius 3 is 2.62 bits per heavy atom. The number of alkyl halides is 4. The van der Waals surface area contributed by atoms with Gasteiger partial charge < -0.3 is 19.7 Å². The fraction of sp³-hybridized carbons (Fsp3) is 0.818. The van der Waals surface area contributed by atoms with Crippen LogP contribution in [0, 0.1) is 0 Å². The van der Waals surface area contributed by atoms with Crippen LogP contribution in [0.1, 0.15) is 24.6 Å². The maximum atomic E-state index is 12.6. The molecule has 0 amide bonds. The standard InChI is InChI=1S/C11H15F4N3O3/c12-8(13)11(14,15)6-20-5-7-17-9(21-18-7)10(16)1-3-19-4-2-10/h8H,1-6,16H2. The molecule has 2 N–H and O–H groups in total. The Balaban J connectivity index is 1.89. The Morgan fingerprint density at radius 1 is 1.33 bits per heavy atom. The molecule has 0 atom stereocenters. The number of hydrogen-bond acceptors (Lipinski definition) is 6. The lowest BCUT2D eigenvalue weighted by molar-refractivity contribution is -0.168. The van der Waals surface area contributed by atoms with Gasteiger partial charge in [-0.1, -0.05) is 5.16 Å². The third kappa shape index (κ3) is 3.89. The molecule has 0 unspecified atom stereocenters. The highest BCUT2D eigenvalue weighted by molar-refractivity contribution is 5.03. The maximum absolute atomic E-state index is 12.6. The van der Waals surface area contributed by atoms with Gasteiger partial charge >= 0.3 is 12.3 Å².